The molecule has 0 radical (unpaired) electrons. The van der Waals surface area contributed by atoms with Crippen molar-refractivity contribution in [3.05, 3.63) is 47.4 Å². The molecule has 108 valence electrons. The van der Waals surface area contributed by atoms with E-state index in [9.17, 15) is 17.2 Å². The second-order valence-electron chi connectivity index (χ2n) is 4.11. The number of aromatic nitrogens is 2. The highest BCUT2D eigenvalue weighted by Gasteiger charge is 2.17. The smallest absolute Gasteiger partial charge is 0.257 e. The molecule has 0 bridgehead atoms. The Morgan fingerprint density at radius 2 is 2.10 bits per heavy atom. The molecule has 2 aromatic rings. The highest BCUT2D eigenvalue weighted by Crippen LogP contribution is 2.11. The monoisotopic (exact) mass is 301 g/mol. The van der Waals surface area contributed by atoms with Gasteiger partial charge in [-0.25, -0.2) is 26.9 Å². The lowest BCUT2D eigenvalue weighted by atomic mass is 10.2. The van der Waals surface area contributed by atoms with Crippen LogP contribution in [0, 0.1) is 11.6 Å². The van der Waals surface area contributed by atoms with E-state index in [1.807, 2.05) is 6.92 Å². The Hall–Kier alpha value is -1.80. The molecule has 5 nitrogen and oxygen atoms in total. The van der Waals surface area contributed by atoms with E-state index in [1.165, 1.54) is 12.3 Å². The molecular formula is C12H13F2N3O2S. The van der Waals surface area contributed by atoms with Gasteiger partial charge in [-0.2, -0.15) is 0 Å². The molecule has 0 saturated carbocycles. The van der Waals surface area contributed by atoms with Crippen molar-refractivity contribution in [1.29, 1.82) is 0 Å². The Morgan fingerprint density at radius 1 is 1.35 bits per heavy atom. The number of aromatic amines is 1. The maximum absolute atomic E-state index is 13.4. The fourth-order valence-electron chi connectivity index (χ4n) is 1.58. The SMILES string of the molecule is CCc1ncc(S(=O)(=O)NCc2ccc(F)cc2F)[nH]1. The van der Waals surface area contributed by atoms with Gasteiger partial charge in [0, 0.05) is 24.6 Å². The minimum Gasteiger partial charge on any atom is -0.332 e. The number of imidazole rings is 1. The standard InChI is InChI=1S/C12H13F2N3O2S/c1-2-11-15-7-12(17-11)20(18,19)16-6-8-3-4-9(13)5-10(8)14/h3-5,7,16H,2,6H2,1H3,(H,15,17). The first-order valence-corrected chi connectivity index (χ1v) is 7.38. The van der Waals surface area contributed by atoms with Crippen LogP contribution in [0.15, 0.2) is 29.4 Å². The van der Waals surface area contributed by atoms with Crippen LogP contribution in [0.3, 0.4) is 0 Å². The van der Waals surface area contributed by atoms with Gasteiger partial charge in [-0.3, -0.25) is 0 Å². The topological polar surface area (TPSA) is 74.8 Å². The molecule has 0 fully saturated rings. The van der Waals surface area contributed by atoms with Crippen molar-refractivity contribution in [2.75, 3.05) is 0 Å². The normalized spacial score (nSPS) is 11.8. The summed E-state index contributed by atoms with van der Waals surface area (Å²) in [5.41, 5.74) is 0.0604. The quantitative estimate of drug-likeness (QED) is 0.883. The average molecular weight is 301 g/mol. The Balaban J connectivity index is 2.13. The van der Waals surface area contributed by atoms with E-state index in [0.717, 1.165) is 6.07 Å². The van der Waals surface area contributed by atoms with Gasteiger partial charge in [-0.1, -0.05) is 13.0 Å². The first-order chi connectivity index (χ1) is 9.42. The van der Waals surface area contributed by atoms with Gasteiger partial charge in [0.25, 0.3) is 10.0 Å². The van der Waals surface area contributed by atoms with Gasteiger partial charge >= 0.3 is 0 Å². The predicted octanol–water partition coefficient (Wildman–Crippen LogP) is 1.73. The lowest BCUT2D eigenvalue weighted by Crippen LogP contribution is -2.24. The van der Waals surface area contributed by atoms with Crippen LogP contribution in [0.2, 0.25) is 0 Å². The molecule has 2 N–H and O–H groups in total. The largest absolute Gasteiger partial charge is 0.332 e. The van der Waals surface area contributed by atoms with Crippen LogP contribution in [0.1, 0.15) is 18.3 Å². The van der Waals surface area contributed by atoms with E-state index in [4.69, 9.17) is 0 Å². The van der Waals surface area contributed by atoms with Gasteiger partial charge in [0.15, 0.2) is 5.03 Å². The number of H-pyrrole nitrogens is 1. The van der Waals surface area contributed by atoms with E-state index in [-0.39, 0.29) is 17.1 Å². The number of hydrogen-bond donors (Lipinski definition) is 2. The van der Waals surface area contributed by atoms with Crippen LogP contribution in [0.25, 0.3) is 0 Å². The van der Waals surface area contributed by atoms with E-state index in [0.29, 0.717) is 18.3 Å². The maximum atomic E-state index is 13.4. The molecule has 1 aromatic heterocycles. The summed E-state index contributed by atoms with van der Waals surface area (Å²) >= 11 is 0. The highest BCUT2D eigenvalue weighted by molar-refractivity contribution is 7.89. The van der Waals surface area contributed by atoms with Crippen molar-refractivity contribution in [2.45, 2.75) is 24.9 Å². The molecule has 1 aromatic carbocycles. The van der Waals surface area contributed by atoms with Crippen molar-refractivity contribution in [3.63, 3.8) is 0 Å². The average Bonchev–Trinajstić information content (AvgIpc) is 2.87. The molecule has 2 rings (SSSR count). The molecule has 0 aliphatic heterocycles. The minimum absolute atomic E-state index is 0.0604. The van der Waals surface area contributed by atoms with Crippen molar-refractivity contribution in [1.82, 2.24) is 14.7 Å². The summed E-state index contributed by atoms with van der Waals surface area (Å²) in [6.45, 7) is 1.56. The molecule has 0 unspecified atom stereocenters. The van der Waals surface area contributed by atoms with Crippen LogP contribution < -0.4 is 4.72 Å². The van der Waals surface area contributed by atoms with Crippen LogP contribution >= 0.6 is 0 Å². The third-order valence-corrected chi connectivity index (χ3v) is 4.01. The zero-order chi connectivity index (χ0) is 14.8. The Labute approximate surface area is 115 Å². The third kappa shape index (κ3) is 3.20. The van der Waals surface area contributed by atoms with Crippen molar-refractivity contribution in [2.24, 2.45) is 0 Å². The second kappa shape index (κ2) is 5.68. The molecule has 1 heterocycles. The van der Waals surface area contributed by atoms with Crippen molar-refractivity contribution < 1.29 is 17.2 Å². The number of halogens is 2. The number of benzene rings is 1. The zero-order valence-corrected chi connectivity index (χ0v) is 11.5. The van der Waals surface area contributed by atoms with Crippen molar-refractivity contribution >= 4 is 10.0 Å². The van der Waals surface area contributed by atoms with Gasteiger partial charge in [0.2, 0.25) is 0 Å². The number of hydrogen-bond acceptors (Lipinski definition) is 3. The first kappa shape index (κ1) is 14.6. The molecule has 0 aliphatic rings. The summed E-state index contributed by atoms with van der Waals surface area (Å²) in [7, 11) is -3.80. The van der Waals surface area contributed by atoms with Gasteiger partial charge in [-0.05, 0) is 6.07 Å². The lowest BCUT2D eigenvalue weighted by molar-refractivity contribution is 0.561. The molecule has 8 heteroatoms. The number of rotatable bonds is 5. The number of nitrogens with one attached hydrogen (secondary N) is 2. The summed E-state index contributed by atoms with van der Waals surface area (Å²) in [4.78, 5) is 6.53. The number of aryl methyl sites for hydroxylation is 1. The molecule has 0 amide bonds. The maximum Gasteiger partial charge on any atom is 0.257 e. The predicted molar refractivity (Wildman–Crippen MR) is 68.3 cm³/mol. The van der Waals surface area contributed by atoms with Crippen LogP contribution in [-0.4, -0.2) is 18.4 Å². The fourth-order valence-corrected chi connectivity index (χ4v) is 2.52. The number of nitrogens with zero attached hydrogens (tertiary/aromatic N) is 1. The zero-order valence-electron chi connectivity index (χ0n) is 10.7. The van der Waals surface area contributed by atoms with Crippen LogP contribution in [0.4, 0.5) is 8.78 Å². The molecule has 0 aliphatic carbocycles. The molecular weight excluding hydrogens is 288 g/mol. The summed E-state index contributed by atoms with van der Waals surface area (Å²) < 4.78 is 52.2. The number of sulfonamides is 1. The highest BCUT2D eigenvalue weighted by atomic mass is 32.2. The lowest BCUT2D eigenvalue weighted by Gasteiger charge is -2.06. The summed E-state index contributed by atoms with van der Waals surface area (Å²) in [6, 6.07) is 2.96. The Kier molecular flexibility index (Phi) is 4.15. The first-order valence-electron chi connectivity index (χ1n) is 5.90. The van der Waals surface area contributed by atoms with Gasteiger partial charge < -0.3 is 4.98 Å². The van der Waals surface area contributed by atoms with E-state index in [2.05, 4.69) is 14.7 Å². The molecule has 0 saturated heterocycles. The van der Waals surface area contributed by atoms with E-state index >= 15 is 0 Å². The molecule has 0 atom stereocenters. The second-order valence-corrected chi connectivity index (χ2v) is 5.84. The summed E-state index contributed by atoms with van der Waals surface area (Å²) in [5.74, 6) is -0.972. The van der Waals surface area contributed by atoms with E-state index in [1.54, 1.807) is 0 Å². The fraction of sp³-hybridized carbons (Fsp3) is 0.250. The van der Waals surface area contributed by atoms with Crippen molar-refractivity contribution in [3.8, 4) is 0 Å². The Morgan fingerprint density at radius 3 is 2.70 bits per heavy atom. The van der Waals surface area contributed by atoms with Gasteiger partial charge in [0.05, 0.1) is 6.20 Å². The van der Waals surface area contributed by atoms with E-state index < -0.39 is 21.7 Å². The minimum atomic E-state index is -3.80. The van der Waals surface area contributed by atoms with Crippen LogP contribution in [0.5, 0.6) is 0 Å². The van der Waals surface area contributed by atoms with Crippen LogP contribution in [-0.2, 0) is 23.0 Å². The Bertz CT molecular complexity index is 713. The van der Waals surface area contributed by atoms with Gasteiger partial charge in [-0.15, -0.1) is 0 Å². The molecule has 0 spiro atoms. The summed E-state index contributed by atoms with van der Waals surface area (Å²) in [5, 5.41) is -0.0862. The molecule has 20 heavy (non-hydrogen) atoms. The third-order valence-electron chi connectivity index (χ3n) is 2.70. The van der Waals surface area contributed by atoms with Gasteiger partial charge in [0.1, 0.15) is 17.5 Å². The summed E-state index contributed by atoms with van der Waals surface area (Å²) in [6.07, 6.45) is 1.77.